The second-order valence-electron chi connectivity index (χ2n) is 3.61. The van der Waals surface area contributed by atoms with E-state index in [1.807, 2.05) is 0 Å². The minimum Gasteiger partial charge on any atom is -0.480 e. The third-order valence-corrected chi connectivity index (χ3v) is 2.18. The first kappa shape index (κ1) is 13.8. The third-order valence-electron chi connectivity index (χ3n) is 2.18. The molecule has 8 heteroatoms. The van der Waals surface area contributed by atoms with Gasteiger partial charge in [0.2, 0.25) is 11.9 Å². The normalized spacial score (nSPS) is 11.8. The molecule has 0 aliphatic heterocycles. The first-order valence-electron chi connectivity index (χ1n) is 5.26. The fourth-order valence-corrected chi connectivity index (χ4v) is 1.26. The minimum atomic E-state index is -1.12. The van der Waals surface area contributed by atoms with Crippen LogP contribution in [0.5, 0.6) is 0 Å². The number of aliphatic carboxylic acids is 1. The van der Waals surface area contributed by atoms with Gasteiger partial charge in [-0.25, -0.2) is 9.97 Å². The van der Waals surface area contributed by atoms with E-state index in [1.165, 1.54) is 0 Å². The summed E-state index contributed by atoms with van der Waals surface area (Å²) in [7, 11) is 1.70. The van der Waals surface area contributed by atoms with Gasteiger partial charge in [0.05, 0.1) is 6.42 Å². The number of nitrogens with two attached hydrogens (primary N) is 1. The minimum absolute atomic E-state index is 0.244. The van der Waals surface area contributed by atoms with Gasteiger partial charge in [-0.2, -0.15) is 0 Å². The standard InChI is InChI=1S/C10H15N5O3/c1-12-10-14-4-6(5-15-10)3-13-7(9(17)18)2-8(11)16/h4-5,7,13H,2-3H2,1H3,(H2,11,16)(H,17,18)(H,12,14,15)/t7-/m1/s1. The molecule has 1 atom stereocenters. The summed E-state index contributed by atoms with van der Waals surface area (Å²) in [6.07, 6.45) is 2.87. The molecule has 0 saturated heterocycles. The largest absolute Gasteiger partial charge is 0.480 e. The lowest BCUT2D eigenvalue weighted by Gasteiger charge is -2.12. The van der Waals surface area contributed by atoms with E-state index in [4.69, 9.17) is 10.8 Å². The lowest BCUT2D eigenvalue weighted by atomic mass is 10.2. The molecule has 0 fully saturated rings. The van der Waals surface area contributed by atoms with E-state index in [1.54, 1.807) is 19.4 Å². The Morgan fingerprint density at radius 1 is 1.44 bits per heavy atom. The third kappa shape index (κ3) is 4.34. The molecule has 98 valence electrons. The number of rotatable bonds is 7. The summed E-state index contributed by atoms with van der Waals surface area (Å²) in [4.78, 5) is 29.5. The first-order valence-corrected chi connectivity index (χ1v) is 5.26. The molecule has 0 saturated carbocycles. The first-order chi connectivity index (χ1) is 8.52. The number of primary amides is 1. The molecule has 1 aromatic rings. The van der Waals surface area contributed by atoms with E-state index >= 15 is 0 Å². The molecule has 0 aliphatic rings. The molecular weight excluding hydrogens is 238 g/mol. The Labute approximate surface area is 104 Å². The Kier molecular flexibility index (Phi) is 5.00. The Morgan fingerprint density at radius 2 is 2.06 bits per heavy atom. The van der Waals surface area contributed by atoms with Crippen molar-refractivity contribution in [2.45, 2.75) is 19.0 Å². The predicted octanol–water partition coefficient (Wildman–Crippen LogP) is -1.06. The molecular formula is C10H15N5O3. The maximum atomic E-state index is 10.8. The molecule has 0 unspecified atom stereocenters. The van der Waals surface area contributed by atoms with Crippen LogP contribution in [-0.2, 0) is 16.1 Å². The number of carboxylic acid groups (broad SMARTS) is 1. The van der Waals surface area contributed by atoms with E-state index in [-0.39, 0.29) is 13.0 Å². The second kappa shape index (κ2) is 6.50. The van der Waals surface area contributed by atoms with Gasteiger partial charge in [0.25, 0.3) is 0 Å². The van der Waals surface area contributed by atoms with Crippen LogP contribution in [0.15, 0.2) is 12.4 Å². The van der Waals surface area contributed by atoms with Gasteiger partial charge in [-0.15, -0.1) is 0 Å². The smallest absolute Gasteiger partial charge is 0.321 e. The summed E-state index contributed by atoms with van der Waals surface area (Å²) in [5.74, 6) is -1.32. The molecule has 1 rings (SSSR count). The average Bonchev–Trinajstić information content (AvgIpc) is 2.34. The Hall–Kier alpha value is -2.22. The quantitative estimate of drug-likeness (QED) is 0.487. The summed E-state index contributed by atoms with van der Waals surface area (Å²) in [6.45, 7) is 0.244. The van der Waals surface area contributed by atoms with Crippen molar-refractivity contribution in [3.05, 3.63) is 18.0 Å². The van der Waals surface area contributed by atoms with Crippen molar-refractivity contribution in [3.8, 4) is 0 Å². The van der Waals surface area contributed by atoms with Gasteiger partial charge in [0, 0.05) is 31.5 Å². The zero-order chi connectivity index (χ0) is 13.5. The summed E-state index contributed by atoms with van der Waals surface area (Å²) in [6, 6.07) is -1.01. The topological polar surface area (TPSA) is 130 Å². The molecule has 0 spiro atoms. The molecule has 0 aromatic carbocycles. The Balaban J connectivity index is 2.55. The highest BCUT2D eigenvalue weighted by Crippen LogP contribution is 2.00. The van der Waals surface area contributed by atoms with Crippen LogP contribution in [0.3, 0.4) is 0 Å². The number of amides is 1. The fraction of sp³-hybridized carbons (Fsp3) is 0.400. The number of carbonyl (C=O) groups excluding carboxylic acids is 1. The van der Waals surface area contributed by atoms with Crippen molar-refractivity contribution in [3.63, 3.8) is 0 Å². The number of hydrogen-bond acceptors (Lipinski definition) is 6. The summed E-state index contributed by atoms with van der Waals surface area (Å²) < 4.78 is 0. The highest BCUT2D eigenvalue weighted by molar-refractivity contribution is 5.83. The number of anilines is 1. The fourth-order valence-electron chi connectivity index (χ4n) is 1.26. The summed E-state index contributed by atoms with van der Waals surface area (Å²) >= 11 is 0. The number of hydrogen-bond donors (Lipinski definition) is 4. The van der Waals surface area contributed by atoms with Crippen LogP contribution >= 0.6 is 0 Å². The van der Waals surface area contributed by atoms with Gasteiger partial charge in [0.1, 0.15) is 6.04 Å². The van der Waals surface area contributed by atoms with E-state index in [0.29, 0.717) is 11.5 Å². The Morgan fingerprint density at radius 3 is 2.50 bits per heavy atom. The van der Waals surface area contributed by atoms with Gasteiger partial charge in [0.15, 0.2) is 0 Å². The van der Waals surface area contributed by atoms with Crippen LogP contribution in [0.1, 0.15) is 12.0 Å². The number of aromatic nitrogens is 2. The van der Waals surface area contributed by atoms with Crippen LogP contribution < -0.4 is 16.4 Å². The van der Waals surface area contributed by atoms with Gasteiger partial charge in [-0.3, -0.25) is 14.9 Å². The molecule has 18 heavy (non-hydrogen) atoms. The average molecular weight is 253 g/mol. The van der Waals surface area contributed by atoms with Gasteiger partial charge in [-0.05, 0) is 0 Å². The van der Waals surface area contributed by atoms with Gasteiger partial charge in [-0.1, -0.05) is 0 Å². The molecule has 0 radical (unpaired) electrons. The lowest BCUT2D eigenvalue weighted by Crippen LogP contribution is -2.39. The zero-order valence-electron chi connectivity index (χ0n) is 9.88. The molecule has 1 heterocycles. The van der Waals surface area contributed by atoms with Crippen molar-refractivity contribution in [1.29, 1.82) is 0 Å². The Bertz CT molecular complexity index is 420. The van der Waals surface area contributed by atoms with E-state index in [0.717, 1.165) is 0 Å². The van der Waals surface area contributed by atoms with Gasteiger partial charge >= 0.3 is 5.97 Å². The predicted molar refractivity (Wildman–Crippen MR) is 63.7 cm³/mol. The zero-order valence-corrected chi connectivity index (χ0v) is 9.88. The monoisotopic (exact) mass is 253 g/mol. The van der Waals surface area contributed by atoms with Crippen LogP contribution in [0, 0.1) is 0 Å². The molecule has 5 N–H and O–H groups in total. The molecule has 8 nitrogen and oxygen atoms in total. The maximum Gasteiger partial charge on any atom is 0.321 e. The molecule has 1 aromatic heterocycles. The van der Waals surface area contributed by atoms with Crippen molar-refractivity contribution < 1.29 is 14.7 Å². The van der Waals surface area contributed by atoms with Crippen LogP contribution in [-0.4, -0.2) is 40.0 Å². The van der Waals surface area contributed by atoms with Crippen molar-refractivity contribution in [1.82, 2.24) is 15.3 Å². The van der Waals surface area contributed by atoms with E-state index in [2.05, 4.69) is 20.6 Å². The summed E-state index contributed by atoms with van der Waals surface area (Å²) in [5.41, 5.74) is 5.68. The number of nitrogens with one attached hydrogen (secondary N) is 2. The maximum absolute atomic E-state index is 10.8. The van der Waals surface area contributed by atoms with Crippen LogP contribution in [0.25, 0.3) is 0 Å². The number of carbonyl (C=O) groups is 2. The van der Waals surface area contributed by atoms with E-state index in [9.17, 15) is 9.59 Å². The SMILES string of the molecule is CNc1ncc(CN[C@H](CC(N)=O)C(=O)O)cn1. The van der Waals surface area contributed by atoms with Gasteiger partial charge < -0.3 is 16.2 Å². The molecule has 0 aliphatic carbocycles. The number of carboxylic acids is 1. The highest BCUT2D eigenvalue weighted by Gasteiger charge is 2.19. The molecule has 1 amide bonds. The second-order valence-corrected chi connectivity index (χ2v) is 3.61. The lowest BCUT2D eigenvalue weighted by molar-refractivity contribution is -0.141. The van der Waals surface area contributed by atoms with Crippen molar-refractivity contribution in [2.24, 2.45) is 5.73 Å². The van der Waals surface area contributed by atoms with Crippen molar-refractivity contribution >= 4 is 17.8 Å². The van der Waals surface area contributed by atoms with Crippen molar-refractivity contribution in [2.75, 3.05) is 12.4 Å². The number of nitrogens with zero attached hydrogens (tertiary/aromatic N) is 2. The van der Waals surface area contributed by atoms with Crippen LogP contribution in [0.4, 0.5) is 5.95 Å². The molecule has 0 bridgehead atoms. The highest BCUT2D eigenvalue weighted by atomic mass is 16.4. The van der Waals surface area contributed by atoms with E-state index < -0.39 is 17.9 Å². The van der Waals surface area contributed by atoms with Crippen LogP contribution in [0.2, 0.25) is 0 Å². The summed E-state index contributed by atoms with van der Waals surface area (Å²) in [5, 5.41) is 14.3.